The first-order valence-corrected chi connectivity index (χ1v) is 12.1. The van der Waals surface area contributed by atoms with Gasteiger partial charge in [-0.3, -0.25) is 9.59 Å². The summed E-state index contributed by atoms with van der Waals surface area (Å²) in [5, 5.41) is 22.9. The van der Waals surface area contributed by atoms with Crippen molar-refractivity contribution >= 4 is 18.0 Å². The van der Waals surface area contributed by atoms with E-state index in [-0.39, 0.29) is 24.9 Å². The summed E-state index contributed by atoms with van der Waals surface area (Å²) in [5.41, 5.74) is 5.37. The van der Waals surface area contributed by atoms with E-state index in [1.165, 1.54) is 14.0 Å². The number of methoxy groups -OCH3 is 1. The average molecular weight is 511 g/mol. The predicted octanol–water partition coefficient (Wildman–Crippen LogP) is 3.13. The Balaban J connectivity index is 3.15. The van der Waals surface area contributed by atoms with Crippen molar-refractivity contribution < 1.29 is 38.8 Å². The highest BCUT2D eigenvalue weighted by Gasteiger charge is 2.31. The molecule has 0 bridgehead atoms. The van der Waals surface area contributed by atoms with Crippen LogP contribution < -0.4 is 20.5 Å². The molecule has 5 N–H and O–H groups in total. The molecule has 0 aromatic heterocycles. The Morgan fingerprint density at radius 2 is 1.72 bits per heavy atom. The minimum Gasteiger partial charge on any atom is -0.493 e. The molecule has 0 spiro atoms. The minimum absolute atomic E-state index is 0.00268. The zero-order chi connectivity index (χ0) is 27.6. The Kier molecular flexibility index (Phi) is 12.0. The molecule has 0 saturated carbocycles. The Hall–Kier alpha value is -3.01. The first-order valence-electron chi connectivity index (χ1n) is 12.1. The Morgan fingerprint density at radius 3 is 2.22 bits per heavy atom. The third kappa shape index (κ3) is 11.2. The third-order valence-electron chi connectivity index (χ3n) is 5.78. The molecule has 204 valence electrons. The van der Waals surface area contributed by atoms with Gasteiger partial charge in [-0.2, -0.15) is 0 Å². The summed E-state index contributed by atoms with van der Waals surface area (Å²) in [6.07, 6.45) is -0.830. The zero-order valence-electron chi connectivity index (χ0n) is 22.4. The lowest BCUT2D eigenvalue weighted by Crippen LogP contribution is -2.47. The number of carbonyl (C=O) groups excluding carboxylic acids is 2. The quantitative estimate of drug-likeness (QED) is 0.297. The maximum Gasteiger partial charge on any atom is 0.407 e. The van der Waals surface area contributed by atoms with E-state index in [1.807, 2.05) is 19.9 Å². The summed E-state index contributed by atoms with van der Waals surface area (Å²) in [7, 11) is 1.50. The smallest absolute Gasteiger partial charge is 0.407 e. The Labute approximate surface area is 213 Å². The van der Waals surface area contributed by atoms with E-state index in [1.54, 1.807) is 32.9 Å². The second kappa shape index (κ2) is 13.9. The fourth-order valence-electron chi connectivity index (χ4n) is 3.73. The monoisotopic (exact) mass is 510 g/mol. The maximum absolute atomic E-state index is 12.5. The van der Waals surface area contributed by atoms with Crippen LogP contribution in [0.15, 0.2) is 18.2 Å². The van der Waals surface area contributed by atoms with Gasteiger partial charge in [0.05, 0.1) is 25.2 Å². The van der Waals surface area contributed by atoms with Gasteiger partial charge >= 0.3 is 12.1 Å². The van der Waals surface area contributed by atoms with Gasteiger partial charge in [0.2, 0.25) is 0 Å². The number of alkyl carbamates (subject to hydrolysis) is 1. The van der Waals surface area contributed by atoms with Gasteiger partial charge in [-0.05, 0) is 69.6 Å². The molecule has 0 aliphatic heterocycles. The van der Waals surface area contributed by atoms with Gasteiger partial charge in [-0.25, -0.2) is 4.79 Å². The van der Waals surface area contributed by atoms with Crippen LogP contribution in [-0.4, -0.2) is 59.6 Å². The number of carboxylic acid groups (broad SMARTS) is 1. The number of nitrogens with one attached hydrogen (secondary N) is 1. The molecule has 0 unspecified atom stereocenters. The van der Waals surface area contributed by atoms with Gasteiger partial charge in [-0.15, -0.1) is 0 Å². The van der Waals surface area contributed by atoms with E-state index in [0.29, 0.717) is 24.3 Å². The van der Waals surface area contributed by atoms with Crippen LogP contribution in [0.25, 0.3) is 0 Å². The first-order chi connectivity index (χ1) is 16.6. The summed E-state index contributed by atoms with van der Waals surface area (Å²) in [6, 6.07) is 4.67. The summed E-state index contributed by atoms with van der Waals surface area (Å²) in [5.74, 6) is -1.41. The molecule has 0 radical (unpaired) electrons. The van der Waals surface area contributed by atoms with E-state index < -0.39 is 41.6 Å². The van der Waals surface area contributed by atoms with Crippen LogP contribution in [-0.2, 0) is 20.7 Å². The number of aliphatic carboxylic acids is 1. The zero-order valence-corrected chi connectivity index (χ0v) is 22.4. The number of aliphatic hydroxyl groups excluding tert-OH is 1. The number of amides is 2. The number of primary amides is 1. The van der Waals surface area contributed by atoms with Gasteiger partial charge in [0, 0.05) is 0 Å². The first kappa shape index (κ1) is 31.0. The topological polar surface area (TPSA) is 157 Å². The molecule has 0 heterocycles. The van der Waals surface area contributed by atoms with Crippen molar-refractivity contribution in [2.75, 3.05) is 13.7 Å². The van der Waals surface area contributed by atoms with Crippen molar-refractivity contribution in [2.45, 2.75) is 78.6 Å². The molecule has 1 aromatic rings. The van der Waals surface area contributed by atoms with E-state index in [4.69, 9.17) is 19.9 Å². The normalized spacial score (nSPS) is 14.9. The molecule has 10 heteroatoms. The fourth-order valence-corrected chi connectivity index (χ4v) is 3.73. The van der Waals surface area contributed by atoms with Crippen molar-refractivity contribution in [2.24, 2.45) is 23.5 Å². The van der Waals surface area contributed by atoms with Crippen LogP contribution in [0.2, 0.25) is 0 Å². The highest BCUT2D eigenvalue weighted by Crippen LogP contribution is 2.31. The lowest BCUT2D eigenvalue weighted by molar-refractivity contribution is -0.142. The van der Waals surface area contributed by atoms with E-state index in [9.17, 15) is 24.6 Å². The Bertz CT molecular complexity index is 881. The van der Waals surface area contributed by atoms with Crippen LogP contribution in [0.5, 0.6) is 11.5 Å². The van der Waals surface area contributed by atoms with Gasteiger partial charge in [0.25, 0.3) is 5.91 Å². The van der Waals surface area contributed by atoms with Crippen molar-refractivity contribution in [3.05, 3.63) is 23.8 Å². The lowest BCUT2D eigenvalue weighted by Gasteiger charge is -2.32. The van der Waals surface area contributed by atoms with Crippen LogP contribution in [0.3, 0.4) is 0 Å². The van der Waals surface area contributed by atoms with Crippen molar-refractivity contribution in [3.63, 3.8) is 0 Å². The number of rotatable bonds is 14. The van der Waals surface area contributed by atoms with Gasteiger partial charge in [-0.1, -0.05) is 26.8 Å². The largest absolute Gasteiger partial charge is 0.493 e. The van der Waals surface area contributed by atoms with E-state index in [2.05, 4.69) is 5.32 Å². The molecular weight excluding hydrogens is 468 g/mol. The molecule has 2 amide bonds. The molecule has 10 nitrogen and oxygen atoms in total. The summed E-state index contributed by atoms with van der Waals surface area (Å²) < 4.78 is 16.2. The summed E-state index contributed by atoms with van der Waals surface area (Å²) in [4.78, 5) is 35.0. The third-order valence-corrected chi connectivity index (χ3v) is 5.78. The molecule has 4 atom stereocenters. The number of benzene rings is 1. The van der Waals surface area contributed by atoms with Crippen LogP contribution in [0, 0.1) is 17.8 Å². The second-order valence-corrected chi connectivity index (χ2v) is 10.5. The van der Waals surface area contributed by atoms with Crippen molar-refractivity contribution in [3.8, 4) is 11.5 Å². The molecule has 0 fully saturated rings. The highest BCUT2D eigenvalue weighted by atomic mass is 16.6. The van der Waals surface area contributed by atoms with Crippen molar-refractivity contribution in [1.29, 1.82) is 0 Å². The van der Waals surface area contributed by atoms with Crippen LogP contribution >= 0.6 is 0 Å². The van der Waals surface area contributed by atoms with Crippen molar-refractivity contribution in [1.82, 2.24) is 5.32 Å². The molecule has 0 aliphatic carbocycles. The van der Waals surface area contributed by atoms with Gasteiger partial charge in [0.1, 0.15) is 5.60 Å². The van der Waals surface area contributed by atoms with E-state index >= 15 is 0 Å². The second-order valence-electron chi connectivity index (χ2n) is 10.5. The number of hydrogen-bond acceptors (Lipinski definition) is 7. The standard InChI is InChI=1S/C26H42N2O8/c1-15(2)18(11-17-8-9-21(34-7)22(12-17)35-14-23(27)30)13-19(20(29)10-16(3)24(31)32)28-25(33)36-26(4,5)6/h8-9,12,15-16,18-20,29H,10-11,13-14H2,1-7H3,(H2,27,30)(H,28,33)(H,31,32)/t16-,18+,19+,20+/m1/s1. The van der Waals surface area contributed by atoms with Gasteiger partial charge in [0.15, 0.2) is 18.1 Å². The molecule has 36 heavy (non-hydrogen) atoms. The summed E-state index contributed by atoms with van der Waals surface area (Å²) >= 11 is 0. The minimum atomic E-state index is -1.09. The van der Waals surface area contributed by atoms with Crippen LogP contribution in [0.1, 0.15) is 59.9 Å². The predicted molar refractivity (Wildman–Crippen MR) is 135 cm³/mol. The number of ether oxygens (including phenoxy) is 3. The van der Waals surface area contributed by atoms with E-state index in [0.717, 1.165) is 5.56 Å². The number of aliphatic hydroxyl groups is 1. The van der Waals surface area contributed by atoms with Crippen LogP contribution in [0.4, 0.5) is 4.79 Å². The number of carbonyl (C=O) groups is 3. The number of carboxylic acids is 1. The highest BCUT2D eigenvalue weighted by molar-refractivity contribution is 5.75. The Morgan fingerprint density at radius 1 is 1.08 bits per heavy atom. The molecular formula is C26H42N2O8. The van der Waals surface area contributed by atoms with Gasteiger partial charge < -0.3 is 35.5 Å². The molecule has 1 rings (SSSR count). The molecule has 1 aromatic carbocycles. The summed E-state index contributed by atoms with van der Waals surface area (Å²) in [6.45, 7) is 10.5. The SMILES string of the molecule is COc1ccc(C[C@@H](C[C@H](NC(=O)OC(C)(C)C)[C@@H](O)C[C@@H](C)C(=O)O)C(C)C)cc1OCC(N)=O. The lowest BCUT2D eigenvalue weighted by atomic mass is 9.82. The maximum atomic E-state index is 12.5. The fraction of sp³-hybridized carbons (Fsp3) is 0.654. The average Bonchev–Trinajstić information content (AvgIpc) is 2.75. The number of nitrogens with two attached hydrogens (primary N) is 1. The number of hydrogen-bond donors (Lipinski definition) is 4. The molecule has 0 aliphatic rings. The molecule has 0 saturated heterocycles.